The molecule has 0 saturated carbocycles. The molecule has 2 aromatic rings. The van der Waals surface area contributed by atoms with Crippen LogP contribution in [0.3, 0.4) is 0 Å². The van der Waals surface area contributed by atoms with Crippen molar-refractivity contribution < 1.29 is 14.2 Å². The lowest BCUT2D eigenvalue weighted by Gasteiger charge is -2.26. The Morgan fingerprint density at radius 2 is 1.76 bits per heavy atom. The number of aliphatic imine (C=N–C) groups is 2. The third-order valence-electron chi connectivity index (χ3n) is 7.38. The Bertz CT molecular complexity index is 1450. The van der Waals surface area contributed by atoms with E-state index in [-0.39, 0.29) is 22.3 Å². The highest BCUT2D eigenvalue weighted by Crippen LogP contribution is 2.45. The number of carbonyl (C=O) groups excluding carboxylic acids is 2. The summed E-state index contributed by atoms with van der Waals surface area (Å²) in [5.41, 5.74) is 6.55. The van der Waals surface area contributed by atoms with Crippen molar-refractivity contribution in [3.05, 3.63) is 113 Å². The molecule has 2 aromatic carbocycles. The van der Waals surface area contributed by atoms with Gasteiger partial charge in [0, 0.05) is 30.3 Å². The summed E-state index contributed by atoms with van der Waals surface area (Å²) in [6.07, 6.45) is 8.39. The number of fused-ring (bicyclic) bond motifs is 1. The molecule has 0 saturated heterocycles. The van der Waals surface area contributed by atoms with Gasteiger partial charge in [0.1, 0.15) is 11.9 Å². The number of hydrogen-bond acceptors (Lipinski definition) is 5. The zero-order chi connectivity index (χ0) is 25.6. The molecule has 8 nitrogen and oxygen atoms in total. The Kier molecular flexibility index (Phi) is 5.55. The van der Waals surface area contributed by atoms with E-state index in [0.717, 1.165) is 35.5 Å². The average molecular weight is 492 g/mol. The van der Waals surface area contributed by atoms with Gasteiger partial charge in [0.05, 0.1) is 18.0 Å². The SMILES string of the molecule is C=CC(=O)N1CC2=C(CC(C3=C4C=NC=C[N+]4(N)C(c4ccc(C(=O)Nc5ccccc5)cc4)=N3)C2)C1. The first-order chi connectivity index (χ1) is 18.0. The first-order valence-electron chi connectivity index (χ1n) is 12.3. The summed E-state index contributed by atoms with van der Waals surface area (Å²) in [4.78, 5) is 36.0. The fraction of sp³-hybridized carbons (Fsp3) is 0.172. The number of carbonyl (C=O) groups is 2. The van der Waals surface area contributed by atoms with E-state index in [1.807, 2.05) is 53.6 Å². The summed E-state index contributed by atoms with van der Waals surface area (Å²) in [6, 6.07) is 16.7. The fourth-order valence-corrected chi connectivity index (χ4v) is 5.50. The van der Waals surface area contributed by atoms with Crippen LogP contribution in [0.2, 0.25) is 0 Å². The van der Waals surface area contributed by atoms with Gasteiger partial charge in [-0.1, -0.05) is 24.8 Å². The van der Waals surface area contributed by atoms with E-state index in [1.54, 1.807) is 24.5 Å². The predicted octanol–water partition coefficient (Wildman–Crippen LogP) is 3.89. The first kappa shape index (κ1) is 23.0. The van der Waals surface area contributed by atoms with Gasteiger partial charge in [-0.15, -0.1) is 4.59 Å². The minimum atomic E-state index is -0.178. The van der Waals surface area contributed by atoms with Crippen LogP contribution in [0.4, 0.5) is 5.69 Å². The molecule has 2 amide bonds. The summed E-state index contributed by atoms with van der Waals surface area (Å²) in [5.74, 6) is 7.58. The van der Waals surface area contributed by atoms with Crippen LogP contribution in [0.5, 0.6) is 0 Å². The van der Waals surface area contributed by atoms with Crippen molar-refractivity contribution in [1.82, 2.24) is 4.90 Å². The van der Waals surface area contributed by atoms with Crippen molar-refractivity contribution in [1.29, 1.82) is 0 Å². The number of nitrogens with two attached hydrogens (primary N) is 1. The normalized spacial score (nSPS) is 22.3. The number of quaternary nitrogens is 1. The van der Waals surface area contributed by atoms with Crippen LogP contribution in [0, 0.1) is 5.92 Å². The highest BCUT2D eigenvalue weighted by Gasteiger charge is 2.47. The number of nitrogens with zero attached hydrogens (tertiary/aromatic N) is 4. The molecule has 1 atom stereocenters. The van der Waals surface area contributed by atoms with Gasteiger partial charge in [0.2, 0.25) is 11.6 Å². The summed E-state index contributed by atoms with van der Waals surface area (Å²) in [6.45, 7) is 4.91. The molecule has 0 fully saturated rings. The molecule has 0 radical (unpaired) electrons. The van der Waals surface area contributed by atoms with Crippen molar-refractivity contribution in [2.75, 3.05) is 18.4 Å². The zero-order valence-electron chi connectivity index (χ0n) is 20.3. The van der Waals surface area contributed by atoms with Crippen LogP contribution in [0.25, 0.3) is 0 Å². The maximum absolute atomic E-state index is 12.7. The fourth-order valence-electron chi connectivity index (χ4n) is 5.50. The number of nitrogens with one attached hydrogen (secondary N) is 1. The van der Waals surface area contributed by atoms with Crippen molar-refractivity contribution in [3.8, 4) is 0 Å². The van der Waals surface area contributed by atoms with E-state index < -0.39 is 0 Å². The molecule has 0 bridgehead atoms. The second-order valence-corrected chi connectivity index (χ2v) is 9.67. The monoisotopic (exact) mass is 491 g/mol. The van der Waals surface area contributed by atoms with E-state index in [4.69, 9.17) is 10.8 Å². The first-order valence-corrected chi connectivity index (χ1v) is 12.3. The van der Waals surface area contributed by atoms with Crippen molar-refractivity contribution in [2.45, 2.75) is 12.8 Å². The Morgan fingerprint density at radius 1 is 1.05 bits per heavy atom. The maximum Gasteiger partial charge on any atom is 0.264 e. The third kappa shape index (κ3) is 3.96. The van der Waals surface area contributed by atoms with Crippen molar-refractivity contribution >= 4 is 29.6 Å². The highest BCUT2D eigenvalue weighted by atomic mass is 16.2. The van der Waals surface area contributed by atoms with Crippen LogP contribution >= 0.6 is 0 Å². The van der Waals surface area contributed by atoms with Gasteiger partial charge < -0.3 is 10.2 Å². The number of amides is 2. The smallest absolute Gasteiger partial charge is 0.264 e. The molecule has 3 heterocycles. The summed E-state index contributed by atoms with van der Waals surface area (Å²) < 4.78 is -0.0589. The van der Waals surface area contributed by atoms with E-state index in [0.29, 0.717) is 24.5 Å². The van der Waals surface area contributed by atoms with Gasteiger partial charge in [-0.3, -0.25) is 14.6 Å². The van der Waals surface area contributed by atoms with E-state index >= 15 is 0 Å². The minimum Gasteiger partial charge on any atom is -0.331 e. The number of likely N-dealkylation sites (tertiary alicyclic amines) is 1. The number of anilines is 1. The summed E-state index contributed by atoms with van der Waals surface area (Å²) in [7, 11) is 0. The molecule has 4 aliphatic rings. The number of benzene rings is 2. The molecule has 3 aliphatic heterocycles. The Labute approximate surface area is 215 Å². The zero-order valence-corrected chi connectivity index (χ0v) is 20.3. The Hall–Kier alpha value is -4.40. The molecule has 1 aliphatic carbocycles. The molecule has 0 aromatic heterocycles. The molecule has 1 unspecified atom stereocenters. The Morgan fingerprint density at radius 3 is 2.43 bits per heavy atom. The molecule has 8 heteroatoms. The van der Waals surface area contributed by atoms with Crippen LogP contribution in [-0.4, -0.2) is 46.4 Å². The lowest BCUT2D eigenvalue weighted by atomic mass is 9.98. The van der Waals surface area contributed by atoms with Gasteiger partial charge in [0.15, 0.2) is 0 Å². The quantitative estimate of drug-likeness (QED) is 0.287. The van der Waals surface area contributed by atoms with Crippen LogP contribution < -0.4 is 11.2 Å². The summed E-state index contributed by atoms with van der Waals surface area (Å²) in [5, 5.41) is 2.91. The molecular weight excluding hydrogens is 464 g/mol. The van der Waals surface area contributed by atoms with Crippen molar-refractivity contribution in [3.63, 3.8) is 0 Å². The highest BCUT2D eigenvalue weighted by molar-refractivity contribution is 6.05. The van der Waals surface area contributed by atoms with E-state index in [9.17, 15) is 9.59 Å². The largest absolute Gasteiger partial charge is 0.331 e. The number of allylic oxidation sites excluding steroid dienone is 2. The maximum atomic E-state index is 12.7. The van der Waals surface area contributed by atoms with Crippen LogP contribution in [0.15, 0.2) is 112 Å². The lowest BCUT2D eigenvalue weighted by molar-refractivity contribution is -0.750. The van der Waals surface area contributed by atoms with Gasteiger partial charge in [-0.05, 0) is 66.5 Å². The molecular formula is C29H27N6O2+. The molecule has 0 spiro atoms. The second-order valence-electron chi connectivity index (χ2n) is 9.67. The van der Waals surface area contributed by atoms with Gasteiger partial charge >= 0.3 is 0 Å². The van der Waals surface area contributed by atoms with Gasteiger partial charge in [0.25, 0.3) is 11.7 Å². The average Bonchev–Trinajstić information content (AvgIpc) is 3.58. The van der Waals surface area contributed by atoms with Crippen molar-refractivity contribution in [2.24, 2.45) is 21.7 Å². The predicted molar refractivity (Wildman–Crippen MR) is 143 cm³/mol. The molecule has 3 N–H and O–H groups in total. The number of amidine groups is 1. The Balaban J connectivity index is 1.24. The minimum absolute atomic E-state index is 0.0303. The standard InChI is InChI=1S/C29H26N6O2/c1-2-26(36)34-17-22-14-21(15-23(22)18-34)27-25-16-31-12-13-35(25,30)28(33-27)19-8-10-20(11-9-19)29(37)32-24-6-4-3-5-7-24/h2-13,16,21H,1,14-15,17-18,30H2/p+1. The topological polar surface area (TPSA) is 100 Å². The molecule has 184 valence electrons. The van der Waals surface area contributed by atoms with E-state index in [2.05, 4.69) is 16.9 Å². The van der Waals surface area contributed by atoms with E-state index in [1.165, 1.54) is 17.2 Å². The van der Waals surface area contributed by atoms with Crippen LogP contribution in [0.1, 0.15) is 28.8 Å². The lowest BCUT2D eigenvalue weighted by Crippen LogP contribution is -2.53. The van der Waals surface area contributed by atoms with Gasteiger partial charge in [-0.25, -0.2) is 0 Å². The second kappa shape index (κ2) is 8.92. The number of hydrogen-bond donors (Lipinski definition) is 2. The van der Waals surface area contributed by atoms with Gasteiger partial charge in [-0.2, -0.15) is 10.8 Å². The third-order valence-corrected chi connectivity index (χ3v) is 7.38. The molecule has 6 rings (SSSR count). The molecule has 37 heavy (non-hydrogen) atoms. The summed E-state index contributed by atoms with van der Waals surface area (Å²) >= 11 is 0. The number of rotatable bonds is 5. The number of para-hydroxylation sites is 1. The van der Waals surface area contributed by atoms with Crippen LogP contribution in [-0.2, 0) is 4.79 Å².